The van der Waals surface area contributed by atoms with Crippen LogP contribution >= 0.6 is 0 Å². The van der Waals surface area contributed by atoms with Crippen LogP contribution < -0.4 is 0 Å². The van der Waals surface area contributed by atoms with Crippen LogP contribution in [0.5, 0.6) is 0 Å². The highest BCUT2D eigenvalue weighted by molar-refractivity contribution is 5.74. The maximum Gasteiger partial charge on any atom is 0.335 e. The minimum atomic E-state index is -1.91. The summed E-state index contributed by atoms with van der Waals surface area (Å²) < 4.78 is 28.6. The molecule has 0 saturated carbocycles. The smallest absolute Gasteiger partial charge is 0.335 e. The minimum Gasteiger partial charge on any atom is -0.479 e. The number of aliphatic carboxylic acids is 1. The Kier molecular flexibility index (Phi) is 54.8. The number of carboxylic acids is 1. The highest BCUT2D eigenvalue weighted by Gasteiger charge is 2.50. The molecule has 0 bridgehead atoms. The van der Waals surface area contributed by atoms with Gasteiger partial charge in [0, 0.05) is 19.3 Å². The van der Waals surface area contributed by atoms with E-state index < -0.39 is 67.3 Å². The second kappa shape index (κ2) is 58.8. The van der Waals surface area contributed by atoms with Crippen molar-refractivity contribution in [1.29, 1.82) is 0 Å². The summed E-state index contributed by atoms with van der Waals surface area (Å²) in [7, 11) is 0. The normalized spacial score (nSPS) is 17.9. The molecule has 0 amide bonds. The van der Waals surface area contributed by atoms with Crippen LogP contribution in [-0.2, 0) is 42.9 Å². The van der Waals surface area contributed by atoms with Crippen LogP contribution in [0.3, 0.4) is 0 Å². The van der Waals surface area contributed by atoms with Crippen molar-refractivity contribution in [2.75, 3.05) is 13.2 Å². The third-order valence-corrected chi connectivity index (χ3v) is 15.6. The number of ether oxygens (including phenoxy) is 5. The number of aliphatic hydroxyl groups excluding tert-OH is 2. The van der Waals surface area contributed by atoms with E-state index in [1.54, 1.807) is 0 Å². The fraction of sp³-hybridized carbons (Fsp3) is 0.803. The number of carbonyl (C=O) groups excluding carboxylic acids is 3. The summed E-state index contributed by atoms with van der Waals surface area (Å²) in [5.74, 6) is -3.11. The van der Waals surface area contributed by atoms with Gasteiger partial charge in [-0.25, -0.2) is 4.79 Å². The Morgan fingerprint density at radius 3 is 1.17 bits per heavy atom. The molecule has 6 atom stereocenters. The van der Waals surface area contributed by atoms with Crippen molar-refractivity contribution in [3.05, 3.63) is 60.8 Å². The van der Waals surface area contributed by atoms with Gasteiger partial charge in [0.2, 0.25) is 0 Å². The monoisotopic (exact) mass is 1170 g/mol. The van der Waals surface area contributed by atoms with Gasteiger partial charge in [0.25, 0.3) is 0 Å². The molecule has 1 rings (SSSR count). The summed E-state index contributed by atoms with van der Waals surface area (Å²) in [6.45, 7) is 5.92. The number of hydrogen-bond donors (Lipinski definition) is 3. The Balaban J connectivity index is 2.63. The highest BCUT2D eigenvalue weighted by Crippen LogP contribution is 2.27. The average molecular weight is 1170 g/mol. The molecule has 1 aliphatic rings. The van der Waals surface area contributed by atoms with Gasteiger partial charge < -0.3 is 39.0 Å². The lowest BCUT2D eigenvalue weighted by Gasteiger charge is -2.40. The van der Waals surface area contributed by atoms with Gasteiger partial charge in [-0.3, -0.25) is 14.4 Å². The molecule has 0 aromatic carbocycles. The molecule has 12 nitrogen and oxygen atoms in total. The Morgan fingerprint density at radius 2 is 0.759 bits per heavy atom. The molecule has 3 N–H and O–H groups in total. The van der Waals surface area contributed by atoms with Gasteiger partial charge in [-0.1, -0.05) is 274 Å². The van der Waals surface area contributed by atoms with E-state index in [4.69, 9.17) is 23.7 Å². The fourth-order valence-electron chi connectivity index (χ4n) is 10.4. The largest absolute Gasteiger partial charge is 0.479 e. The number of hydrogen-bond acceptors (Lipinski definition) is 11. The number of carbonyl (C=O) groups is 4. The topological polar surface area (TPSA) is 175 Å². The van der Waals surface area contributed by atoms with Crippen molar-refractivity contribution in [1.82, 2.24) is 0 Å². The predicted octanol–water partition coefficient (Wildman–Crippen LogP) is 18.7. The summed E-state index contributed by atoms with van der Waals surface area (Å²) in [5.41, 5.74) is 0. The zero-order valence-corrected chi connectivity index (χ0v) is 53.2. The van der Waals surface area contributed by atoms with Crippen molar-refractivity contribution >= 4 is 23.9 Å². The summed E-state index contributed by atoms with van der Waals surface area (Å²) in [6.07, 6.45) is 61.7. The first-order valence-electron chi connectivity index (χ1n) is 34.3. The van der Waals surface area contributed by atoms with Crippen molar-refractivity contribution in [3.63, 3.8) is 0 Å². The maximum atomic E-state index is 13.2. The lowest BCUT2D eigenvalue weighted by molar-refractivity contribution is -0.301. The van der Waals surface area contributed by atoms with Crippen molar-refractivity contribution in [2.24, 2.45) is 0 Å². The van der Waals surface area contributed by atoms with Crippen molar-refractivity contribution in [2.45, 2.75) is 353 Å². The van der Waals surface area contributed by atoms with E-state index >= 15 is 0 Å². The minimum absolute atomic E-state index is 0.0585. The van der Waals surface area contributed by atoms with Gasteiger partial charge in [0.1, 0.15) is 18.8 Å². The van der Waals surface area contributed by atoms with Crippen LogP contribution in [0.1, 0.15) is 316 Å². The first-order valence-corrected chi connectivity index (χ1v) is 34.3. The SMILES string of the molecule is CC/C=C\C/C=C\C/C=C\C/C=C\CCCCCCCCC(=O)OCC(COC1OC(C(=O)O)C(O)C(O)C1OC(=O)CCCCCCCCCCC/C=C\CCCCCCCC)OC(=O)CCCCCCCCCCCCCCCCC. The number of rotatable bonds is 59. The van der Waals surface area contributed by atoms with Crippen LogP contribution in [0.15, 0.2) is 60.8 Å². The van der Waals surface area contributed by atoms with Crippen molar-refractivity contribution in [3.8, 4) is 0 Å². The maximum absolute atomic E-state index is 13.2. The van der Waals surface area contributed by atoms with Crippen LogP contribution in [0.2, 0.25) is 0 Å². The van der Waals surface area contributed by atoms with Gasteiger partial charge in [0.05, 0.1) is 6.61 Å². The molecule has 480 valence electrons. The van der Waals surface area contributed by atoms with Gasteiger partial charge in [-0.2, -0.15) is 0 Å². The lowest BCUT2D eigenvalue weighted by atomic mass is 9.98. The Hall–Kier alpha value is -3.58. The average Bonchev–Trinajstić information content (AvgIpc) is 3.57. The van der Waals surface area contributed by atoms with Gasteiger partial charge in [0.15, 0.2) is 24.6 Å². The lowest BCUT2D eigenvalue weighted by Crippen LogP contribution is -2.61. The van der Waals surface area contributed by atoms with Crippen LogP contribution in [-0.4, -0.2) is 89.2 Å². The first kappa shape index (κ1) is 77.4. The fourth-order valence-corrected chi connectivity index (χ4v) is 10.4. The second-order valence-corrected chi connectivity index (χ2v) is 23.4. The van der Waals surface area contributed by atoms with Gasteiger partial charge in [-0.05, 0) is 83.5 Å². The molecule has 0 aliphatic carbocycles. The van der Waals surface area contributed by atoms with Crippen molar-refractivity contribution < 1.29 is 58.2 Å². The van der Waals surface area contributed by atoms with E-state index in [2.05, 4.69) is 81.5 Å². The summed E-state index contributed by atoms with van der Waals surface area (Å²) >= 11 is 0. The van der Waals surface area contributed by atoms with E-state index in [1.807, 2.05) is 0 Å². The van der Waals surface area contributed by atoms with E-state index in [-0.39, 0.29) is 25.9 Å². The highest BCUT2D eigenvalue weighted by atomic mass is 16.7. The molecule has 0 aromatic heterocycles. The third kappa shape index (κ3) is 48.3. The molecule has 6 unspecified atom stereocenters. The molecule has 0 spiro atoms. The number of unbranched alkanes of at least 4 members (excludes halogenated alkanes) is 35. The second-order valence-electron chi connectivity index (χ2n) is 23.4. The Bertz CT molecular complexity index is 1670. The molecular weight excluding hydrogens is 1040 g/mol. The van der Waals surface area contributed by atoms with E-state index in [0.29, 0.717) is 19.3 Å². The standard InChI is InChI=1S/C71H124O12/c1-4-7-10-13-16-19-22-25-28-30-32-34-37-39-42-45-48-51-54-57-63(72)79-60-62(81-64(73)58-55-52-49-46-43-40-36-27-24-21-18-15-12-9-6-3)61-80-71-69(67(76)66(75)68(83-71)70(77)78)82-65(74)59-56-53-50-47-44-41-38-35-33-31-29-26-23-20-17-14-11-8-5-2/h7,10,16,19,25-26,28-29,32,34,62,66-69,71,75-76H,4-6,8-9,11-15,17-18,20-24,27,30-31,33,35-61H2,1-3H3,(H,77,78)/b10-7-,19-16-,28-25-,29-26-,34-32-. The van der Waals surface area contributed by atoms with Gasteiger partial charge >= 0.3 is 23.9 Å². The van der Waals surface area contributed by atoms with Crippen LogP contribution in [0.4, 0.5) is 0 Å². The quantitative estimate of drug-likeness (QED) is 0.0228. The zero-order valence-electron chi connectivity index (χ0n) is 53.2. The van der Waals surface area contributed by atoms with E-state index in [9.17, 15) is 34.5 Å². The van der Waals surface area contributed by atoms with Gasteiger partial charge in [-0.15, -0.1) is 0 Å². The molecule has 1 fully saturated rings. The Morgan fingerprint density at radius 1 is 0.410 bits per heavy atom. The predicted molar refractivity (Wildman–Crippen MR) is 340 cm³/mol. The zero-order chi connectivity index (χ0) is 60.3. The molecule has 1 saturated heterocycles. The Labute approximate surface area is 506 Å². The third-order valence-electron chi connectivity index (χ3n) is 15.6. The number of aliphatic hydroxyl groups is 2. The molecule has 1 aliphatic heterocycles. The van der Waals surface area contributed by atoms with Crippen LogP contribution in [0.25, 0.3) is 0 Å². The summed E-state index contributed by atoms with van der Waals surface area (Å²) in [6, 6.07) is 0. The number of allylic oxidation sites excluding steroid dienone is 10. The van der Waals surface area contributed by atoms with E-state index in [1.165, 1.54) is 141 Å². The van der Waals surface area contributed by atoms with E-state index in [0.717, 1.165) is 116 Å². The molecule has 0 aromatic rings. The number of carboxylic acid groups (broad SMARTS) is 1. The molecule has 12 heteroatoms. The summed E-state index contributed by atoms with van der Waals surface area (Å²) in [4.78, 5) is 51.4. The number of esters is 3. The summed E-state index contributed by atoms with van der Waals surface area (Å²) in [5, 5.41) is 31.6. The molecule has 83 heavy (non-hydrogen) atoms. The molecule has 1 heterocycles. The molecule has 0 radical (unpaired) electrons. The molecular formula is C71H124O12. The van der Waals surface area contributed by atoms with Crippen LogP contribution in [0, 0.1) is 0 Å². The first-order chi connectivity index (χ1) is 40.6.